The van der Waals surface area contributed by atoms with Gasteiger partial charge in [0.25, 0.3) is 0 Å². The van der Waals surface area contributed by atoms with E-state index in [4.69, 9.17) is 4.74 Å². The lowest BCUT2D eigenvalue weighted by Crippen LogP contribution is -2.51. The highest BCUT2D eigenvalue weighted by molar-refractivity contribution is 7.89. The zero-order valence-corrected chi connectivity index (χ0v) is 21.8. The molecule has 3 atom stereocenters. The van der Waals surface area contributed by atoms with Gasteiger partial charge in [0, 0.05) is 31.6 Å². The number of ether oxygens (including phenoxy) is 1. The number of urea groups is 1. The molecular weight excluding hydrogens is 454 g/mol. The Kier molecular flexibility index (Phi) is 8.65. The van der Waals surface area contributed by atoms with Gasteiger partial charge in [-0.1, -0.05) is 19.1 Å². The van der Waals surface area contributed by atoms with Crippen LogP contribution in [0.3, 0.4) is 0 Å². The first kappa shape index (κ1) is 26.5. The second kappa shape index (κ2) is 11.1. The average Bonchev–Trinajstić information content (AvgIpc) is 2.80. The van der Waals surface area contributed by atoms with E-state index in [9.17, 15) is 18.3 Å². The number of hydrogen-bond donors (Lipinski definition) is 2. The van der Waals surface area contributed by atoms with Crippen molar-refractivity contribution in [1.29, 1.82) is 0 Å². The second-order valence-corrected chi connectivity index (χ2v) is 11.7. The Balaban J connectivity index is 2.03. The van der Waals surface area contributed by atoms with Crippen molar-refractivity contribution < 1.29 is 23.1 Å². The number of benzene rings is 1. The van der Waals surface area contributed by atoms with Crippen LogP contribution in [0.2, 0.25) is 0 Å². The SMILES string of the molecule is CC(C)NC(=O)N(C)C[C@@H]1Oc2cc(C3=CCCCC3)ccc2S(=O)(=O)N([C@@H](C)CO)C[C@H]1C. The van der Waals surface area contributed by atoms with Gasteiger partial charge in [-0.2, -0.15) is 4.31 Å². The average molecular weight is 494 g/mol. The molecular formula is C25H39N3O5S. The van der Waals surface area contributed by atoms with Crippen LogP contribution >= 0.6 is 0 Å². The molecule has 0 unspecified atom stereocenters. The fraction of sp³-hybridized carbons (Fsp3) is 0.640. The Hall–Kier alpha value is -2.10. The standard InChI is InChI=1S/C25H39N3O5S/c1-17(2)26-25(30)27(5)15-23-18(3)14-28(19(4)16-29)34(31,32)24-12-11-21(13-22(24)33-23)20-9-7-6-8-10-20/h9,11-13,17-19,23,29H,6-8,10,14-16H2,1-5H3,(H,26,30)/t18-,19+,23+/m1/s1. The van der Waals surface area contributed by atoms with Gasteiger partial charge >= 0.3 is 6.03 Å². The summed E-state index contributed by atoms with van der Waals surface area (Å²) in [6, 6.07) is 4.51. The normalized spacial score (nSPS) is 23.7. The molecule has 1 aliphatic heterocycles. The van der Waals surface area contributed by atoms with Crippen LogP contribution in [0.1, 0.15) is 58.9 Å². The summed E-state index contributed by atoms with van der Waals surface area (Å²) in [6.45, 7) is 7.62. The lowest BCUT2D eigenvalue weighted by Gasteiger charge is -2.37. The van der Waals surface area contributed by atoms with E-state index < -0.39 is 22.2 Å². The Morgan fingerprint density at radius 3 is 2.65 bits per heavy atom. The van der Waals surface area contributed by atoms with Crippen molar-refractivity contribution in [3.05, 3.63) is 29.8 Å². The van der Waals surface area contributed by atoms with Crippen LogP contribution in [0.5, 0.6) is 5.75 Å². The van der Waals surface area contributed by atoms with Gasteiger partial charge in [0.1, 0.15) is 16.7 Å². The van der Waals surface area contributed by atoms with Gasteiger partial charge in [0.05, 0.1) is 13.2 Å². The van der Waals surface area contributed by atoms with Gasteiger partial charge in [0.2, 0.25) is 10.0 Å². The van der Waals surface area contributed by atoms with Crippen molar-refractivity contribution in [1.82, 2.24) is 14.5 Å². The number of aliphatic hydroxyl groups excluding tert-OH is 1. The molecule has 9 heteroatoms. The van der Waals surface area contributed by atoms with Crippen molar-refractivity contribution in [2.24, 2.45) is 5.92 Å². The van der Waals surface area contributed by atoms with Gasteiger partial charge in [-0.15, -0.1) is 0 Å². The molecule has 0 saturated carbocycles. The minimum absolute atomic E-state index is 0.00344. The topological polar surface area (TPSA) is 99.2 Å². The zero-order valence-electron chi connectivity index (χ0n) is 21.0. The molecule has 1 aliphatic carbocycles. The molecule has 0 aromatic heterocycles. The molecule has 190 valence electrons. The molecule has 2 amide bonds. The van der Waals surface area contributed by atoms with Crippen LogP contribution in [-0.4, -0.2) is 73.7 Å². The molecule has 0 bridgehead atoms. The maximum atomic E-state index is 13.6. The predicted molar refractivity (Wildman–Crippen MR) is 133 cm³/mol. The summed E-state index contributed by atoms with van der Waals surface area (Å²) in [5, 5.41) is 12.7. The zero-order chi connectivity index (χ0) is 25.0. The van der Waals surface area contributed by atoms with Gasteiger partial charge < -0.3 is 20.1 Å². The number of aliphatic hydroxyl groups is 1. The molecule has 2 aliphatic rings. The monoisotopic (exact) mass is 493 g/mol. The highest BCUT2D eigenvalue weighted by Crippen LogP contribution is 2.37. The van der Waals surface area contributed by atoms with Crippen LogP contribution < -0.4 is 10.1 Å². The Morgan fingerprint density at radius 2 is 2.03 bits per heavy atom. The van der Waals surface area contributed by atoms with Crippen molar-refractivity contribution in [3.63, 3.8) is 0 Å². The largest absolute Gasteiger partial charge is 0.487 e. The molecule has 0 radical (unpaired) electrons. The van der Waals surface area contributed by atoms with Crippen LogP contribution in [0.15, 0.2) is 29.2 Å². The van der Waals surface area contributed by atoms with Crippen LogP contribution in [0.25, 0.3) is 5.57 Å². The maximum Gasteiger partial charge on any atom is 0.317 e. The quantitative estimate of drug-likeness (QED) is 0.632. The third kappa shape index (κ3) is 5.93. The Morgan fingerprint density at radius 1 is 1.29 bits per heavy atom. The number of amides is 2. The minimum Gasteiger partial charge on any atom is -0.487 e. The lowest BCUT2D eigenvalue weighted by atomic mass is 9.93. The number of rotatable bonds is 6. The lowest BCUT2D eigenvalue weighted by molar-refractivity contribution is 0.0809. The van der Waals surface area contributed by atoms with Gasteiger partial charge in [-0.3, -0.25) is 0 Å². The highest BCUT2D eigenvalue weighted by atomic mass is 32.2. The highest BCUT2D eigenvalue weighted by Gasteiger charge is 2.38. The van der Waals surface area contributed by atoms with E-state index in [0.717, 1.165) is 31.2 Å². The first-order valence-corrected chi connectivity index (χ1v) is 13.6. The minimum atomic E-state index is -3.88. The molecule has 1 heterocycles. The van der Waals surface area contributed by atoms with E-state index in [0.29, 0.717) is 12.3 Å². The summed E-state index contributed by atoms with van der Waals surface area (Å²) in [5.41, 5.74) is 2.17. The van der Waals surface area contributed by atoms with Crippen molar-refractivity contribution in [3.8, 4) is 5.75 Å². The molecule has 3 rings (SSSR count). The molecule has 0 fully saturated rings. The Bertz CT molecular complexity index is 1010. The fourth-order valence-electron chi connectivity index (χ4n) is 4.45. The van der Waals surface area contributed by atoms with Gasteiger partial charge in [0.15, 0.2) is 0 Å². The third-order valence-corrected chi connectivity index (χ3v) is 8.56. The molecule has 34 heavy (non-hydrogen) atoms. The number of fused-ring (bicyclic) bond motifs is 1. The molecule has 1 aromatic rings. The van der Waals surface area contributed by atoms with E-state index in [1.165, 1.54) is 9.88 Å². The number of likely N-dealkylation sites (N-methyl/N-ethyl adjacent to an activating group) is 1. The third-order valence-electron chi connectivity index (χ3n) is 6.54. The molecule has 0 saturated heterocycles. The number of nitrogens with one attached hydrogen (secondary N) is 1. The summed E-state index contributed by atoms with van der Waals surface area (Å²) < 4.78 is 35.0. The number of carbonyl (C=O) groups is 1. The molecule has 8 nitrogen and oxygen atoms in total. The summed E-state index contributed by atoms with van der Waals surface area (Å²) in [5.74, 6) is 0.0807. The number of hydrogen-bond acceptors (Lipinski definition) is 5. The first-order valence-electron chi connectivity index (χ1n) is 12.2. The van der Waals surface area contributed by atoms with Gasteiger partial charge in [-0.05, 0) is 69.7 Å². The van der Waals surface area contributed by atoms with Gasteiger partial charge in [-0.25, -0.2) is 13.2 Å². The van der Waals surface area contributed by atoms with Crippen molar-refractivity contribution >= 4 is 21.6 Å². The molecule has 1 aromatic carbocycles. The van der Waals surface area contributed by atoms with Crippen molar-refractivity contribution in [2.45, 2.75) is 76.5 Å². The Labute approximate surface area is 204 Å². The van der Waals surface area contributed by atoms with E-state index in [2.05, 4.69) is 11.4 Å². The number of nitrogens with zero attached hydrogens (tertiary/aromatic N) is 2. The summed E-state index contributed by atoms with van der Waals surface area (Å²) >= 11 is 0. The van der Waals surface area contributed by atoms with Crippen LogP contribution in [0, 0.1) is 5.92 Å². The number of sulfonamides is 1. The number of carbonyl (C=O) groups excluding carboxylic acids is 1. The summed E-state index contributed by atoms with van der Waals surface area (Å²) in [6.07, 6.45) is 6.03. The second-order valence-electron chi connectivity index (χ2n) is 9.86. The van der Waals surface area contributed by atoms with E-state index in [1.807, 2.05) is 32.9 Å². The van der Waals surface area contributed by atoms with Crippen LogP contribution in [0.4, 0.5) is 4.79 Å². The van der Waals surface area contributed by atoms with Crippen LogP contribution in [-0.2, 0) is 10.0 Å². The predicted octanol–water partition coefficient (Wildman–Crippen LogP) is 3.46. The summed E-state index contributed by atoms with van der Waals surface area (Å²) in [7, 11) is -2.17. The smallest absolute Gasteiger partial charge is 0.317 e. The first-order chi connectivity index (χ1) is 16.0. The van der Waals surface area contributed by atoms with E-state index in [-0.39, 0.29) is 36.0 Å². The molecule has 2 N–H and O–H groups in total. The maximum absolute atomic E-state index is 13.6. The van der Waals surface area contributed by atoms with E-state index >= 15 is 0 Å². The summed E-state index contributed by atoms with van der Waals surface area (Å²) in [4.78, 5) is 14.2. The fourth-order valence-corrected chi connectivity index (χ4v) is 6.28. The van der Waals surface area contributed by atoms with E-state index in [1.54, 1.807) is 24.9 Å². The number of allylic oxidation sites excluding steroid dienone is 2. The van der Waals surface area contributed by atoms with Crippen molar-refractivity contribution in [2.75, 3.05) is 26.7 Å². The molecule has 0 spiro atoms.